The Morgan fingerprint density at radius 3 is 2.78 bits per heavy atom. The van der Waals surface area contributed by atoms with Gasteiger partial charge in [-0.2, -0.15) is 0 Å². The second kappa shape index (κ2) is 5.37. The minimum absolute atomic E-state index is 0.0944. The van der Waals surface area contributed by atoms with Gasteiger partial charge in [-0.25, -0.2) is 4.79 Å². The van der Waals surface area contributed by atoms with Gasteiger partial charge in [0.15, 0.2) is 0 Å². The van der Waals surface area contributed by atoms with E-state index in [0.717, 1.165) is 0 Å². The van der Waals surface area contributed by atoms with Crippen LogP contribution in [-0.2, 0) is 18.0 Å². The van der Waals surface area contributed by atoms with Crippen LogP contribution >= 0.6 is 0 Å². The highest BCUT2D eigenvalue weighted by Gasteiger charge is 2.13. The summed E-state index contributed by atoms with van der Waals surface area (Å²) in [6.45, 7) is 0.466. The topological polar surface area (TPSA) is 85.7 Å². The Morgan fingerprint density at radius 1 is 1.28 bits per heavy atom. The van der Waals surface area contributed by atoms with E-state index in [2.05, 4.69) is 0 Å². The lowest BCUT2D eigenvalue weighted by atomic mass is 10.1. The number of benzene rings is 1. The number of rotatable bonds is 5. The molecule has 0 saturated carbocycles. The van der Waals surface area contributed by atoms with Crippen molar-refractivity contribution in [3.8, 4) is 0 Å². The average Bonchev–Trinajstić information content (AvgIpc) is 2.81. The van der Waals surface area contributed by atoms with Crippen molar-refractivity contribution in [2.45, 2.75) is 13.2 Å². The van der Waals surface area contributed by atoms with Crippen molar-refractivity contribution in [1.29, 1.82) is 0 Å². The van der Waals surface area contributed by atoms with Crippen molar-refractivity contribution in [3.63, 3.8) is 0 Å². The van der Waals surface area contributed by atoms with E-state index in [0.29, 0.717) is 17.9 Å². The molecule has 0 atom stereocenters. The Morgan fingerprint density at radius 2 is 2.11 bits per heavy atom. The number of aromatic carboxylic acids is 1. The minimum atomic E-state index is -1.05. The molecule has 0 unspecified atom stereocenters. The molecule has 0 fully saturated rings. The largest absolute Gasteiger partial charge is 0.478 e. The summed E-state index contributed by atoms with van der Waals surface area (Å²) in [5, 5.41) is 9.08. The first-order valence-corrected chi connectivity index (χ1v) is 5.39. The van der Waals surface area contributed by atoms with E-state index >= 15 is 0 Å². The molecule has 0 aliphatic carbocycles. The first kappa shape index (κ1) is 12.2. The number of anilines is 1. The van der Waals surface area contributed by atoms with Gasteiger partial charge in [0.1, 0.15) is 12.4 Å². The predicted molar refractivity (Wildman–Crippen MR) is 65.0 cm³/mol. The first-order chi connectivity index (χ1) is 8.68. The highest BCUT2D eigenvalue weighted by atomic mass is 16.5. The van der Waals surface area contributed by atoms with Gasteiger partial charge in [0.25, 0.3) is 0 Å². The zero-order valence-corrected chi connectivity index (χ0v) is 9.63. The molecule has 5 nitrogen and oxygen atoms in total. The Bertz CT molecular complexity index is 534. The maximum atomic E-state index is 11.1. The quantitative estimate of drug-likeness (QED) is 0.791. The van der Waals surface area contributed by atoms with E-state index in [4.69, 9.17) is 20.0 Å². The molecule has 1 aromatic carbocycles. The third kappa shape index (κ3) is 2.70. The molecule has 0 saturated heterocycles. The van der Waals surface area contributed by atoms with E-state index in [9.17, 15) is 4.79 Å². The van der Waals surface area contributed by atoms with Gasteiger partial charge in [-0.3, -0.25) is 0 Å². The Hall–Kier alpha value is -2.27. The molecule has 18 heavy (non-hydrogen) atoms. The summed E-state index contributed by atoms with van der Waals surface area (Å²) < 4.78 is 10.5. The van der Waals surface area contributed by atoms with E-state index < -0.39 is 5.97 Å². The van der Waals surface area contributed by atoms with Crippen LogP contribution in [0, 0.1) is 0 Å². The number of nitrogen functional groups attached to an aromatic ring is 1. The molecule has 3 N–H and O–H groups in total. The number of ether oxygens (including phenoxy) is 1. The van der Waals surface area contributed by atoms with Crippen molar-refractivity contribution in [2.75, 3.05) is 5.73 Å². The SMILES string of the molecule is Nc1cccc(COCc2ccco2)c1C(=O)O. The molecule has 1 aromatic heterocycles. The monoisotopic (exact) mass is 247 g/mol. The fourth-order valence-electron chi connectivity index (χ4n) is 1.66. The molecular formula is C13H13NO4. The predicted octanol–water partition coefficient (Wildman–Crippen LogP) is 2.28. The molecule has 0 aliphatic rings. The van der Waals surface area contributed by atoms with Crippen LogP contribution in [0.4, 0.5) is 5.69 Å². The van der Waals surface area contributed by atoms with Crippen LogP contribution in [0.5, 0.6) is 0 Å². The number of carbonyl (C=O) groups is 1. The van der Waals surface area contributed by atoms with Crippen molar-refractivity contribution < 1.29 is 19.1 Å². The molecule has 2 aromatic rings. The average molecular weight is 247 g/mol. The second-order valence-corrected chi connectivity index (χ2v) is 3.76. The van der Waals surface area contributed by atoms with Crippen LogP contribution in [0.3, 0.4) is 0 Å². The zero-order chi connectivity index (χ0) is 13.0. The molecule has 0 radical (unpaired) electrons. The highest BCUT2D eigenvalue weighted by Crippen LogP contribution is 2.18. The molecule has 0 aliphatic heterocycles. The smallest absolute Gasteiger partial charge is 0.338 e. The number of furan rings is 1. The van der Waals surface area contributed by atoms with E-state index in [1.54, 1.807) is 36.6 Å². The number of nitrogens with two attached hydrogens (primary N) is 1. The van der Waals surface area contributed by atoms with Crippen LogP contribution in [-0.4, -0.2) is 11.1 Å². The van der Waals surface area contributed by atoms with E-state index in [1.807, 2.05) is 0 Å². The van der Waals surface area contributed by atoms with Gasteiger partial charge in [-0.15, -0.1) is 0 Å². The van der Waals surface area contributed by atoms with Crippen molar-refractivity contribution >= 4 is 11.7 Å². The third-order valence-corrected chi connectivity index (χ3v) is 2.48. The van der Waals surface area contributed by atoms with Gasteiger partial charge in [-0.1, -0.05) is 12.1 Å². The Balaban J connectivity index is 2.05. The van der Waals surface area contributed by atoms with Crippen LogP contribution in [0.1, 0.15) is 21.7 Å². The summed E-state index contributed by atoms with van der Waals surface area (Å²) in [5.74, 6) is -0.361. The first-order valence-electron chi connectivity index (χ1n) is 5.39. The molecule has 0 bridgehead atoms. The third-order valence-electron chi connectivity index (χ3n) is 2.48. The van der Waals surface area contributed by atoms with Crippen LogP contribution in [0.25, 0.3) is 0 Å². The fourth-order valence-corrected chi connectivity index (χ4v) is 1.66. The molecule has 5 heteroatoms. The van der Waals surface area contributed by atoms with Gasteiger partial charge >= 0.3 is 5.97 Å². The van der Waals surface area contributed by atoms with E-state index in [-0.39, 0.29) is 17.9 Å². The molecule has 0 spiro atoms. The summed E-state index contributed by atoms with van der Waals surface area (Å²) in [5.41, 5.74) is 6.52. The van der Waals surface area contributed by atoms with Gasteiger partial charge < -0.3 is 20.0 Å². The van der Waals surface area contributed by atoms with Crippen molar-refractivity contribution in [2.24, 2.45) is 0 Å². The van der Waals surface area contributed by atoms with Crippen LogP contribution in [0.2, 0.25) is 0 Å². The fraction of sp³-hybridized carbons (Fsp3) is 0.154. The summed E-state index contributed by atoms with van der Waals surface area (Å²) in [6.07, 6.45) is 1.56. The normalized spacial score (nSPS) is 10.4. The lowest BCUT2D eigenvalue weighted by molar-refractivity contribution is 0.0680. The maximum absolute atomic E-state index is 11.1. The van der Waals surface area contributed by atoms with E-state index in [1.165, 1.54) is 0 Å². The van der Waals surface area contributed by atoms with Gasteiger partial charge in [-0.05, 0) is 23.8 Å². The number of hydrogen-bond acceptors (Lipinski definition) is 4. The molecule has 2 rings (SSSR count). The zero-order valence-electron chi connectivity index (χ0n) is 9.63. The number of hydrogen-bond donors (Lipinski definition) is 2. The number of carboxylic acids is 1. The Kier molecular flexibility index (Phi) is 3.64. The molecular weight excluding hydrogens is 234 g/mol. The summed E-state index contributed by atoms with van der Waals surface area (Å²) in [7, 11) is 0. The van der Waals surface area contributed by atoms with Crippen LogP contribution in [0.15, 0.2) is 41.0 Å². The summed E-state index contributed by atoms with van der Waals surface area (Å²) >= 11 is 0. The number of carboxylic acid groups (broad SMARTS) is 1. The lowest BCUT2D eigenvalue weighted by Gasteiger charge is -2.08. The minimum Gasteiger partial charge on any atom is -0.478 e. The highest BCUT2D eigenvalue weighted by molar-refractivity contribution is 5.95. The lowest BCUT2D eigenvalue weighted by Crippen LogP contribution is -2.08. The summed E-state index contributed by atoms with van der Waals surface area (Å²) in [4.78, 5) is 11.1. The molecule has 0 amide bonds. The van der Waals surface area contributed by atoms with Gasteiger partial charge in [0.2, 0.25) is 0 Å². The van der Waals surface area contributed by atoms with Crippen molar-refractivity contribution in [3.05, 3.63) is 53.5 Å². The Labute approximate surface area is 104 Å². The standard InChI is InChI=1S/C13H13NO4/c14-11-5-1-3-9(12(11)13(15)16)7-17-8-10-4-2-6-18-10/h1-6H,7-8,14H2,(H,15,16). The van der Waals surface area contributed by atoms with Crippen LogP contribution < -0.4 is 5.73 Å². The van der Waals surface area contributed by atoms with Gasteiger partial charge in [0.05, 0.1) is 18.4 Å². The van der Waals surface area contributed by atoms with Gasteiger partial charge in [0, 0.05) is 5.69 Å². The summed E-state index contributed by atoms with van der Waals surface area (Å²) in [6, 6.07) is 8.49. The second-order valence-electron chi connectivity index (χ2n) is 3.76. The molecule has 94 valence electrons. The molecule has 1 heterocycles. The maximum Gasteiger partial charge on any atom is 0.338 e. The van der Waals surface area contributed by atoms with Crippen molar-refractivity contribution in [1.82, 2.24) is 0 Å².